The van der Waals surface area contributed by atoms with Crippen LogP contribution < -0.4 is 5.32 Å². The predicted molar refractivity (Wildman–Crippen MR) is 52.1 cm³/mol. The third-order valence-electron chi connectivity index (χ3n) is 4.01. The van der Waals surface area contributed by atoms with E-state index < -0.39 is 0 Å². The van der Waals surface area contributed by atoms with Crippen LogP contribution in [0.1, 0.15) is 46.0 Å². The molecule has 0 amide bonds. The largest absolute Gasteiger partial charge is 0.313 e. The Kier molecular flexibility index (Phi) is 2.16. The average molecular weight is 167 g/mol. The van der Waals surface area contributed by atoms with Gasteiger partial charge in [0, 0.05) is 6.04 Å². The van der Waals surface area contributed by atoms with Gasteiger partial charge in [-0.2, -0.15) is 0 Å². The third kappa shape index (κ3) is 1.10. The zero-order valence-corrected chi connectivity index (χ0v) is 8.40. The first kappa shape index (κ1) is 8.55. The second-order valence-corrected chi connectivity index (χ2v) is 4.59. The van der Waals surface area contributed by atoms with E-state index in [0.29, 0.717) is 0 Å². The molecule has 0 aromatic carbocycles. The molecule has 1 heteroatoms. The first-order valence-corrected chi connectivity index (χ1v) is 5.57. The van der Waals surface area contributed by atoms with Crippen molar-refractivity contribution in [3.05, 3.63) is 0 Å². The van der Waals surface area contributed by atoms with Crippen LogP contribution >= 0.6 is 0 Å². The molecular formula is C11H21N. The Morgan fingerprint density at radius 2 is 2.25 bits per heavy atom. The van der Waals surface area contributed by atoms with Crippen LogP contribution in [0, 0.1) is 11.3 Å². The smallest absolute Gasteiger partial charge is 0.0126 e. The average Bonchev–Trinajstić information content (AvgIpc) is 2.79. The molecular weight excluding hydrogens is 146 g/mol. The summed E-state index contributed by atoms with van der Waals surface area (Å²) in [5, 5.41) is 3.69. The van der Waals surface area contributed by atoms with E-state index >= 15 is 0 Å². The Morgan fingerprint density at radius 1 is 1.42 bits per heavy atom. The van der Waals surface area contributed by atoms with Gasteiger partial charge in [0.25, 0.3) is 0 Å². The molecule has 2 aliphatic rings. The second-order valence-electron chi connectivity index (χ2n) is 4.59. The summed E-state index contributed by atoms with van der Waals surface area (Å²) >= 11 is 0. The summed E-state index contributed by atoms with van der Waals surface area (Å²) in [5.41, 5.74) is 0.796. The molecule has 12 heavy (non-hydrogen) atoms. The summed E-state index contributed by atoms with van der Waals surface area (Å²) < 4.78 is 0. The summed E-state index contributed by atoms with van der Waals surface area (Å²) in [6.45, 7) is 5.82. The molecule has 1 nitrogen and oxygen atoms in total. The quantitative estimate of drug-likeness (QED) is 0.678. The van der Waals surface area contributed by atoms with Crippen LogP contribution in [0.4, 0.5) is 0 Å². The van der Waals surface area contributed by atoms with Crippen LogP contribution in [0.25, 0.3) is 0 Å². The van der Waals surface area contributed by atoms with E-state index in [0.717, 1.165) is 17.4 Å². The minimum absolute atomic E-state index is 0.796. The molecule has 1 spiro atoms. The van der Waals surface area contributed by atoms with Gasteiger partial charge in [0.05, 0.1) is 0 Å². The van der Waals surface area contributed by atoms with Crippen LogP contribution in [0.5, 0.6) is 0 Å². The Hall–Kier alpha value is -0.0400. The van der Waals surface area contributed by atoms with E-state index in [-0.39, 0.29) is 0 Å². The molecule has 70 valence electrons. The van der Waals surface area contributed by atoms with Crippen molar-refractivity contribution in [2.75, 3.05) is 6.54 Å². The minimum Gasteiger partial charge on any atom is -0.313 e. The predicted octanol–water partition coefficient (Wildman–Crippen LogP) is 2.56. The van der Waals surface area contributed by atoms with Crippen LogP contribution in [0.15, 0.2) is 0 Å². The van der Waals surface area contributed by atoms with Crippen molar-refractivity contribution in [2.24, 2.45) is 11.3 Å². The Bertz CT molecular complexity index is 166. The van der Waals surface area contributed by atoms with Crippen LogP contribution in [0.3, 0.4) is 0 Å². The Balaban J connectivity index is 1.79. The molecule has 2 aliphatic carbocycles. The SMILES string of the molecule is CCCNC1CCC12CC2CC. The van der Waals surface area contributed by atoms with E-state index in [1.807, 2.05) is 0 Å². The molecule has 1 N–H and O–H groups in total. The third-order valence-corrected chi connectivity index (χ3v) is 4.01. The molecule has 0 radical (unpaired) electrons. The lowest BCUT2D eigenvalue weighted by Gasteiger charge is -2.39. The van der Waals surface area contributed by atoms with Crippen LogP contribution in [0.2, 0.25) is 0 Å². The van der Waals surface area contributed by atoms with E-state index in [1.165, 1.54) is 38.6 Å². The van der Waals surface area contributed by atoms with Gasteiger partial charge in [-0.25, -0.2) is 0 Å². The molecule has 0 saturated heterocycles. The number of rotatable bonds is 4. The van der Waals surface area contributed by atoms with Gasteiger partial charge in [0.2, 0.25) is 0 Å². The topological polar surface area (TPSA) is 12.0 Å². The molecule has 0 aromatic heterocycles. The maximum atomic E-state index is 3.69. The normalized spacial score (nSPS) is 44.5. The van der Waals surface area contributed by atoms with Gasteiger partial charge in [-0.15, -0.1) is 0 Å². The highest BCUT2D eigenvalue weighted by Gasteiger charge is 2.62. The lowest BCUT2D eigenvalue weighted by atomic mass is 9.74. The van der Waals surface area contributed by atoms with E-state index in [1.54, 1.807) is 0 Å². The minimum atomic E-state index is 0.796. The first-order chi connectivity index (χ1) is 5.83. The number of hydrogen-bond acceptors (Lipinski definition) is 1. The van der Waals surface area contributed by atoms with Crippen molar-refractivity contribution in [3.8, 4) is 0 Å². The maximum Gasteiger partial charge on any atom is 0.0126 e. The van der Waals surface area contributed by atoms with E-state index in [9.17, 15) is 0 Å². The molecule has 0 heterocycles. The van der Waals surface area contributed by atoms with Gasteiger partial charge in [-0.05, 0) is 43.6 Å². The lowest BCUT2D eigenvalue weighted by Crippen LogP contribution is -2.46. The Morgan fingerprint density at radius 3 is 2.67 bits per heavy atom. The highest BCUT2D eigenvalue weighted by atomic mass is 15.0. The van der Waals surface area contributed by atoms with Gasteiger partial charge >= 0.3 is 0 Å². The lowest BCUT2D eigenvalue weighted by molar-refractivity contribution is 0.163. The first-order valence-electron chi connectivity index (χ1n) is 5.57. The van der Waals surface area contributed by atoms with Gasteiger partial charge in [-0.1, -0.05) is 20.3 Å². The second kappa shape index (κ2) is 3.02. The highest BCUT2D eigenvalue weighted by Crippen LogP contribution is 2.66. The molecule has 0 aromatic rings. The van der Waals surface area contributed by atoms with Crippen molar-refractivity contribution < 1.29 is 0 Å². The molecule has 0 aliphatic heterocycles. The van der Waals surface area contributed by atoms with Gasteiger partial charge < -0.3 is 5.32 Å². The fourth-order valence-corrected chi connectivity index (χ4v) is 2.97. The molecule has 2 fully saturated rings. The maximum absolute atomic E-state index is 3.69. The molecule has 0 bridgehead atoms. The summed E-state index contributed by atoms with van der Waals surface area (Å²) in [5.74, 6) is 1.07. The summed E-state index contributed by atoms with van der Waals surface area (Å²) in [6.07, 6.45) is 7.15. The summed E-state index contributed by atoms with van der Waals surface area (Å²) in [4.78, 5) is 0. The van der Waals surface area contributed by atoms with Gasteiger partial charge in [0.1, 0.15) is 0 Å². The zero-order valence-electron chi connectivity index (χ0n) is 8.40. The number of hydrogen-bond donors (Lipinski definition) is 1. The summed E-state index contributed by atoms with van der Waals surface area (Å²) in [6, 6.07) is 0.891. The molecule has 2 rings (SSSR count). The van der Waals surface area contributed by atoms with Crippen molar-refractivity contribution in [2.45, 2.75) is 52.0 Å². The Labute approximate surface area is 75.9 Å². The van der Waals surface area contributed by atoms with Crippen molar-refractivity contribution in [3.63, 3.8) is 0 Å². The van der Waals surface area contributed by atoms with Crippen molar-refractivity contribution in [1.82, 2.24) is 5.32 Å². The van der Waals surface area contributed by atoms with E-state index in [4.69, 9.17) is 0 Å². The van der Waals surface area contributed by atoms with Crippen molar-refractivity contribution in [1.29, 1.82) is 0 Å². The molecule has 3 unspecified atom stereocenters. The fourth-order valence-electron chi connectivity index (χ4n) is 2.97. The monoisotopic (exact) mass is 167 g/mol. The zero-order chi connectivity index (χ0) is 8.60. The summed E-state index contributed by atoms with van der Waals surface area (Å²) in [7, 11) is 0. The number of nitrogens with one attached hydrogen (secondary N) is 1. The highest BCUT2D eigenvalue weighted by molar-refractivity contribution is 5.14. The van der Waals surface area contributed by atoms with Crippen LogP contribution in [-0.2, 0) is 0 Å². The van der Waals surface area contributed by atoms with Gasteiger partial charge in [-0.3, -0.25) is 0 Å². The van der Waals surface area contributed by atoms with Crippen LogP contribution in [-0.4, -0.2) is 12.6 Å². The standard InChI is InChI=1S/C11H21N/c1-3-7-12-10-5-6-11(10)8-9(11)4-2/h9-10,12H,3-8H2,1-2H3. The van der Waals surface area contributed by atoms with Gasteiger partial charge in [0.15, 0.2) is 0 Å². The fraction of sp³-hybridized carbons (Fsp3) is 1.00. The van der Waals surface area contributed by atoms with Crippen molar-refractivity contribution >= 4 is 0 Å². The molecule has 2 saturated carbocycles. The molecule has 3 atom stereocenters. The van der Waals surface area contributed by atoms with E-state index in [2.05, 4.69) is 19.2 Å².